The number of hydrogen-bond acceptors (Lipinski definition) is 4. The Morgan fingerprint density at radius 2 is 2.17 bits per heavy atom. The number of nitrogens with zero attached hydrogens (tertiary/aromatic N) is 2. The fraction of sp³-hybridized carbons (Fsp3) is 0.500. The van der Waals surface area contributed by atoms with Crippen LogP contribution in [0, 0.1) is 6.92 Å². The highest BCUT2D eigenvalue weighted by Gasteiger charge is 1.99. The lowest BCUT2D eigenvalue weighted by Gasteiger charge is -2.08. The van der Waals surface area contributed by atoms with Crippen LogP contribution < -0.4 is 5.32 Å². The molecule has 4 heteroatoms. The maximum Gasteiger partial charge on any atom is 0.147 e. The third-order valence-corrected chi connectivity index (χ3v) is 1.45. The molecule has 1 aromatic heterocycles. The molecular formula is C8H13N3O. The van der Waals surface area contributed by atoms with Crippen LogP contribution >= 0.6 is 0 Å². The van der Waals surface area contributed by atoms with Gasteiger partial charge in [-0.3, -0.25) is 4.98 Å². The van der Waals surface area contributed by atoms with Crippen molar-refractivity contribution in [1.29, 1.82) is 0 Å². The molecule has 0 amide bonds. The molecule has 0 aliphatic heterocycles. The van der Waals surface area contributed by atoms with Gasteiger partial charge in [0.2, 0.25) is 0 Å². The van der Waals surface area contributed by atoms with Crippen molar-refractivity contribution in [1.82, 2.24) is 9.97 Å². The van der Waals surface area contributed by atoms with Gasteiger partial charge >= 0.3 is 0 Å². The summed E-state index contributed by atoms with van der Waals surface area (Å²) in [6.45, 7) is 4.09. The molecule has 0 radical (unpaired) electrons. The topological polar surface area (TPSA) is 58.0 Å². The van der Waals surface area contributed by atoms with Crippen LogP contribution in [0.1, 0.15) is 12.6 Å². The van der Waals surface area contributed by atoms with Gasteiger partial charge in [0.05, 0.1) is 11.8 Å². The van der Waals surface area contributed by atoms with Gasteiger partial charge in [0.25, 0.3) is 0 Å². The van der Waals surface area contributed by atoms with E-state index >= 15 is 0 Å². The predicted octanol–water partition coefficient (Wildman–Crippen LogP) is 0.578. The normalized spacial score (nSPS) is 12.6. The lowest BCUT2D eigenvalue weighted by atomic mass is 10.4. The van der Waals surface area contributed by atoms with Crippen molar-refractivity contribution in [3.63, 3.8) is 0 Å². The molecule has 1 rings (SSSR count). The van der Waals surface area contributed by atoms with E-state index in [0.29, 0.717) is 6.54 Å². The number of aromatic nitrogens is 2. The van der Waals surface area contributed by atoms with Crippen LogP contribution in [0.25, 0.3) is 0 Å². The Bertz CT molecular complexity index is 250. The molecule has 4 nitrogen and oxygen atoms in total. The van der Waals surface area contributed by atoms with Gasteiger partial charge in [0.1, 0.15) is 5.82 Å². The molecule has 1 atom stereocenters. The first-order chi connectivity index (χ1) is 5.70. The van der Waals surface area contributed by atoms with Crippen molar-refractivity contribution in [2.45, 2.75) is 20.0 Å². The van der Waals surface area contributed by atoms with E-state index in [1.807, 2.05) is 6.92 Å². The second-order valence-corrected chi connectivity index (χ2v) is 2.72. The average molecular weight is 167 g/mol. The second-order valence-electron chi connectivity index (χ2n) is 2.72. The van der Waals surface area contributed by atoms with Crippen molar-refractivity contribution < 1.29 is 5.11 Å². The smallest absolute Gasteiger partial charge is 0.147 e. The average Bonchev–Trinajstić information content (AvgIpc) is 2.03. The molecule has 0 fully saturated rings. The first-order valence-electron chi connectivity index (χ1n) is 3.89. The summed E-state index contributed by atoms with van der Waals surface area (Å²) in [7, 11) is 0. The predicted molar refractivity (Wildman–Crippen MR) is 46.9 cm³/mol. The Morgan fingerprint density at radius 1 is 1.50 bits per heavy atom. The number of rotatable bonds is 3. The molecule has 66 valence electrons. The summed E-state index contributed by atoms with van der Waals surface area (Å²) in [6.07, 6.45) is 2.90. The molecule has 2 N–H and O–H groups in total. The molecule has 1 heterocycles. The van der Waals surface area contributed by atoms with Crippen LogP contribution in [0.3, 0.4) is 0 Å². The Balaban J connectivity index is 2.57. The minimum atomic E-state index is -0.369. The molecule has 1 aromatic rings. The second kappa shape index (κ2) is 4.01. The minimum absolute atomic E-state index is 0.369. The van der Waals surface area contributed by atoms with Crippen molar-refractivity contribution in [2.75, 3.05) is 11.9 Å². The molecule has 0 aliphatic carbocycles. The summed E-state index contributed by atoms with van der Waals surface area (Å²) in [6, 6.07) is 0. The highest BCUT2D eigenvalue weighted by molar-refractivity contribution is 5.38. The van der Waals surface area contributed by atoms with Crippen molar-refractivity contribution in [3.05, 3.63) is 18.1 Å². The molecule has 0 saturated heterocycles. The van der Waals surface area contributed by atoms with Gasteiger partial charge in [-0.15, -0.1) is 0 Å². The first-order valence-corrected chi connectivity index (χ1v) is 3.89. The standard InChI is InChI=1S/C8H13N3O/c1-6(12)5-11-8-7(2)9-3-4-10-8/h3-4,6,12H,5H2,1-2H3,(H,10,11). The minimum Gasteiger partial charge on any atom is -0.392 e. The van der Waals surface area contributed by atoms with Gasteiger partial charge in [0, 0.05) is 18.9 Å². The number of aliphatic hydroxyl groups excluding tert-OH is 1. The SMILES string of the molecule is Cc1nccnc1NCC(C)O. The quantitative estimate of drug-likeness (QED) is 0.691. The van der Waals surface area contributed by atoms with Gasteiger partial charge in [-0.25, -0.2) is 4.98 Å². The maximum atomic E-state index is 8.99. The van der Waals surface area contributed by atoms with Gasteiger partial charge in [-0.2, -0.15) is 0 Å². The number of aliphatic hydroxyl groups is 1. The monoisotopic (exact) mass is 167 g/mol. The number of aryl methyl sites for hydroxylation is 1. The summed E-state index contributed by atoms with van der Waals surface area (Å²) < 4.78 is 0. The summed E-state index contributed by atoms with van der Waals surface area (Å²) in [4.78, 5) is 8.12. The summed E-state index contributed by atoms with van der Waals surface area (Å²) in [5.74, 6) is 0.735. The van der Waals surface area contributed by atoms with Crippen LogP contribution in [0.2, 0.25) is 0 Å². The summed E-state index contributed by atoms with van der Waals surface area (Å²) >= 11 is 0. The van der Waals surface area contributed by atoms with Gasteiger partial charge in [0.15, 0.2) is 0 Å². The highest BCUT2D eigenvalue weighted by atomic mass is 16.3. The van der Waals surface area contributed by atoms with E-state index < -0.39 is 0 Å². The van der Waals surface area contributed by atoms with Crippen molar-refractivity contribution in [2.24, 2.45) is 0 Å². The van der Waals surface area contributed by atoms with Crippen LogP contribution in [-0.2, 0) is 0 Å². The molecular weight excluding hydrogens is 154 g/mol. The summed E-state index contributed by atoms with van der Waals surface area (Å²) in [5, 5.41) is 12.0. The third kappa shape index (κ3) is 2.47. The van der Waals surface area contributed by atoms with E-state index in [9.17, 15) is 0 Å². The lowest BCUT2D eigenvalue weighted by molar-refractivity contribution is 0.208. The number of hydrogen-bond donors (Lipinski definition) is 2. The molecule has 1 unspecified atom stereocenters. The zero-order valence-corrected chi connectivity index (χ0v) is 7.28. The van der Waals surface area contributed by atoms with E-state index in [1.165, 1.54) is 0 Å². The van der Waals surface area contributed by atoms with E-state index in [4.69, 9.17) is 5.11 Å². The molecule has 0 saturated carbocycles. The fourth-order valence-corrected chi connectivity index (χ4v) is 0.826. The van der Waals surface area contributed by atoms with Crippen LogP contribution in [0.15, 0.2) is 12.4 Å². The fourth-order valence-electron chi connectivity index (χ4n) is 0.826. The van der Waals surface area contributed by atoms with E-state index in [-0.39, 0.29) is 6.10 Å². The Hall–Kier alpha value is -1.16. The number of nitrogens with one attached hydrogen (secondary N) is 1. The van der Waals surface area contributed by atoms with Crippen molar-refractivity contribution in [3.8, 4) is 0 Å². The Morgan fingerprint density at radius 3 is 2.75 bits per heavy atom. The molecule has 0 aliphatic rings. The van der Waals surface area contributed by atoms with E-state index in [2.05, 4.69) is 15.3 Å². The largest absolute Gasteiger partial charge is 0.392 e. The van der Waals surface area contributed by atoms with E-state index in [1.54, 1.807) is 19.3 Å². The van der Waals surface area contributed by atoms with Gasteiger partial charge in [-0.1, -0.05) is 0 Å². The lowest BCUT2D eigenvalue weighted by Crippen LogP contribution is -2.16. The number of anilines is 1. The van der Waals surface area contributed by atoms with Gasteiger partial charge < -0.3 is 10.4 Å². The Kier molecular flexibility index (Phi) is 2.99. The van der Waals surface area contributed by atoms with Crippen molar-refractivity contribution >= 4 is 5.82 Å². The first kappa shape index (κ1) is 8.93. The summed E-state index contributed by atoms with van der Waals surface area (Å²) in [5.41, 5.74) is 0.846. The third-order valence-electron chi connectivity index (χ3n) is 1.45. The molecule has 0 bridgehead atoms. The van der Waals surface area contributed by atoms with E-state index in [0.717, 1.165) is 11.5 Å². The van der Waals surface area contributed by atoms with Crippen LogP contribution in [0.4, 0.5) is 5.82 Å². The zero-order chi connectivity index (χ0) is 8.97. The Labute approximate surface area is 71.7 Å². The molecule has 0 aromatic carbocycles. The zero-order valence-electron chi connectivity index (χ0n) is 7.28. The van der Waals surface area contributed by atoms with Crippen LogP contribution in [-0.4, -0.2) is 27.7 Å². The van der Waals surface area contributed by atoms with Crippen LogP contribution in [0.5, 0.6) is 0 Å². The maximum absolute atomic E-state index is 8.99. The highest BCUT2D eigenvalue weighted by Crippen LogP contribution is 2.05. The molecule has 0 spiro atoms. The van der Waals surface area contributed by atoms with Gasteiger partial charge in [-0.05, 0) is 13.8 Å². The molecule has 12 heavy (non-hydrogen) atoms.